The van der Waals surface area contributed by atoms with E-state index in [-0.39, 0.29) is 18.1 Å². The van der Waals surface area contributed by atoms with Gasteiger partial charge in [-0.1, -0.05) is 12.1 Å². The Morgan fingerprint density at radius 2 is 2.08 bits per heavy atom. The maximum Gasteiger partial charge on any atom is 0.356 e. The molecule has 1 amide bonds. The molecule has 0 bridgehead atoms. The minimum Gasteiger partial charge on any atom is -0.476 e. The number of carboxylic acid groups (broad SMARTS) is 1. The number of amides is 1. The zero-order valence-electron chi connectivity index (χ0n) is 13.0. The van der Waals surface area contributed by atoms with Crippen molar-refractivity contribution in [2.45, 2.75) is 19.9 Å². The van der Waals surface area contributed by atoms with Crippen LogP contribution in [0.5, 0.6) is 0 Å². The summed E-state index contributed by atoms with van der Waals surface area (Å²) >= 11 is 0. The van der Waals surface area contributed by atoms with Crippen molar-refractivity contribution < 1.29 is 14.7 Å². The standard InChI is InChI=1S/C16H15N5O3/c1-9(22)20-7-6-13-10(8-20)14(15(23)24)19-21(13)16-17-11-4-2-3-5-12(11)18-16/h2-5H,6-8H2,1H3,(H,17,18)(H,23,24). The highest BCUT2D eigenvalue weighted by atomic mass is 16.4. The number of carboxylic acids is 1. The maximum absolute atomic E-state index is 11.6. The van der Waals surface area contributed by atoms with Gasteiger partial charge in [0.25, 0.3) is 0 Å². The highest BCUT2D eigenvalue weighted by Crippen LogP contribution is 2.25. The number of fused-ring (bicyclic) bond motifs is 2. The second-order valence-electron chi connectivity index (χ2n) is 5.76. The predicted molar refractivity (Wildman–Crippen MR) is 85.0 cm³/mol. The fourth-order valence-corrected chi connectivity index (χ4v) is 3.07. The third-order valence-electron chi connectivity index (χ3n) is 4.28. The molecule has 0 aliphatic carbocycles. The average Bonchev–Trinajstić information content (AvgIpc) is 3.15. The lowest BCUT2D eigenvalue weighted by molar-refractivity contribution is -0.129. The molecule has 1 aromatic carbocycles. The first-order chi connectivity index (χ1) is 11.5. The van der Waals surface area contributed by atoms with Gasteiger partial charge in [-0.05, 0) is 12.1 Å². The lowest BCUT2D eigenvalue weighted by Crippen LogP contribution is -2.35. The van der Waals surface area contributed by atoms with Gasteiger partial charge in [-0.3, -0.25) is 4.79 Å². The van der Waals surface area contributed by atoms with Crippen LogP contribution in [0.3, 0.4) is 0 Å². The summed E-state index contributed by atoms with van der Waals surface area (Å²) in [6, 6.07) is 7.56. The Balaban J connectivity index is 1.86. The van der Waals surface area contributed by atoms with Crippen LogP contribution in [0.15, 0.2) is 24.3 Å². The lowest BCUT2D eigenvalue weighted by Gasteiger charge is -2.26. The van der Waals surface area contributed by atoms with Crippen LogP contribution in [-0.4, -0.2) is 48.2 Å². The third-order valence-corrected chi connectivity index (χ3v) is 4.28. The molecule has 0 saturated carbocycles. The summed E-state index contributed by atoms with van der Waals surface area (Å²) in [5.74, 6) is -0.698. The Morgan fingerprint density at radius 1 is 1.29 bits per heavy atom. The van der Waals surface area contributed by atoms with Crippen molar-refractivity contribution >= 4 is 22.9 Å². The summed E-state index contributed by atoms with van der Waals surface area (Å²) in [6.07, 6.45) is 0.534. The molecular weight excluding hydrogens is 310 g/mol. The predicted octanol–water partition coefficient (Wildman–Crippen LogP) is 1.35. The molecule has 0 spiro atoms. The van der Waals surface area contributed by atoms with E-state index in [9.17, 15) is 14.7 Å². The molecule has 8 heteroatoms. The summed E-state index contributed by atoms with van der Waals surface area (Å²) in [4.78, 5) is 32.5. The van der Waals surface area contributed by atoms with E-state index in [1.54, 1.807) is 9.58 Å². The van der Waals surface area contributed by atoms with Crippen molar-refractivity contribution in [2.24, 2.45) is 0 Å². The number of nitrogens with zero attached hydrogens (tertiary/aromatic N) is 4. The fraction of sp³-hybridized carbons (Fsp3) is 0.250. The van der Waals surface area contributed by atoms with Crippen LogP contribution in [0.4, 0.5) is 0 Å². The Labute approximate surface area is 136 Å². The summed E-state index contributed by atoms with van der Waals surface area (Å²) < 4.78 is 1.55. The number of H-pyrrole nitrogens is 1. The quantitative estimate of drug-likeness (QED) is 0.740. The van der Waals surface area contributed by atoms with Gasteiger partial charge in [0.1, 0.15) is 0 Å². The monoisotopic (exact) mass is 325 g/mol. The summed E-state index contributed by atoms with van der Waals surface area (Å²) in [5.41, 5.74) is 2.97. The SMILES string of the molecule is CC(=O)N1CCc2c(c(C(=O)O)nn2-c2nc3ccccc3[nH]2)C1. The number of nitrogens with one attached hydrogen (secondary N) is 1. The van der Waals surface area contributed by atoms with Crippen LogP contribution in [0.25, 0.3) is 17.0 Å². The van der Waals surface area contributed by atoms with Gasteiger partial charge in [0.05, 0.1) is 16.7 Å². The first kappa shape index (κ1) is 14.4. The lowest BCUT2D eigenvalue weighted by atomic mass is 10.1. The van der Waals surface area contributed by atoms with Gasteiger partial charge in [-0.2, -0.15) is 5.10 Å². The average molecular weight is 325 g/mol. The van der Waals surface area contributed by atoms with Crippen LogP contribution in [0.1, 0.15) is 28.7 Å². The van der Waals surface area contributed by atoms with Gasteiger partial charge in [0.2, 0.25) is 11.9 Å². The highest BCUT2D eigenvalue weighted by Gasteiger charge is 2.30. The largest absolute Gasteiger partial charge is 0.476 e. The van der Waals surface area contributed by atoms with Crippen molar-refractivity contribution in [1.82, 2.24) is 24.6 Å². The number of para-hydroxylation sites is 2. The highest BCUT2D eigenvalue weighted by molar-refractivity contribution is 5.88. The minimum absolute atomic E-state index is 0.0311. The molecule has 0 fully saturated rings. The number of hydrogen-bond donors (Lipinski definition) is 2. The maximum atomic E-state index is 11.6. The molecule has 1 aliphatic rings. The number of carbonyl (C=O) groups is 2. The second kappa shape index (κ2) is 5.19. The number of aromatic nitrogens is 4. The minimum atomic E-state index is -1.11. The molecule has 4 rings (SSSR count). The van der Waals surface area contributed by atoms with E-state index in [2.05, 4.69) is 15.1 Å². The number of hydrogen-bond acceptors (Lipinski definition) is 4. The Hall–Kier alpha value is -3.16. The molecule has 1 aliphatic heterocycles. The molecule has 0 saturated heterocycles. The number of aromatic amines is 1. The fourth-order valence-electron chi connectivity index (χ4n) is 3.07. The van der Waals surface area contributed by atoms with Crippen LogP contribution in [0, 0.1) is 0 Å². The van der Waals surface area contributed by atoms with Crippen molar-refractivity contribution in [2.75, 3.05) is 6.54 Å². The Bertz CT molecular complexity index is 938. The van der Waals surface area contributed by atoms with Gasteiger partial charge in [0.15, 0.2) is 5.69 Å². The molecule has 3 aromatic rings. The van der Waals surface area contributed by atoms with E-state index >= 15 is 0 Å². The van der Waals surface area contributed by atoms with E-state index in [4.69, 9.17) is 0 Å². The van der Waals surface area contributed by atoms with Crippen molar-refractivity contribution in [1.29, 1.82) is 0 Å². The Morgan fingerprint density at radius 3 is 2.79 bits per heavy atom. The summed E-state index contributed by atoms with van der Waals surface area (Å²) in [6.45, 7) is 2.27. The summed E-state index contributed by atoms with van der Waals surface area (Å²) in [7, 11) is 0. The van der Waals surface area contributed by atoms with E-state index in [0.717, 1.165) is 16.7 Å². The molecule has 8 nitrogen and oxygen atoms in total. The number of rotatable bonds is 2. The molecule has 2 N–H and O–H groups in total. The van der Waals surface area contributed by atoms with Crippen LogP contribution >= 0.6 is 0 Å². The third kappa shape index (κ3) is 2.15. The van der Waals surface area contributed by atoms with Crippen LogP contribution in [0.2, 0.25) is 0 Å². The van der Waals surface area contributed by atoms with Crippen LogP contribution in [-0.2, 0) is 17.8 Å². The molecule has 2 aromatic heterocycles. The smallest absolute Gasteiger partial charge is 0.356 e. The van der Waals surface area contributed by atoms with E-state index < -0.39 is 5.97 Å². The Kier molecular flexibility index (Phi) is 3.12. The van der Waals surface area contributed by atoms with Gasteiger partial charge < -0.3 is 15.0 Å². The van der Waals surface area contributed by atoms with Gasteiger partial charge in [-0.15, -0.1) is 0 Å². The zero-order chi connectivity index (χ0) is 16.8. The zero-order valence-corrected chi connectivity index (χ0v) is 13.0. The molecule has 24 heavy (non-hydrogen) atoms. The second-order valence-corrected chi connectivity index (χ2v) is 5.76. The summed E-state index contributed by atoms with van der Waals surface area (Å²) in [5, 5.41) is 13.7. The molecule has 122 valence electrons. The van der Waals surface area contributed by atoms with Gasteiger partial charge in [0, 0.05) is 32.0 Å². The first-order valence-corrected chi connectivity index (χ1v) is 7.59. The van der Waals surface area contributed by atoms with Crippen molar-refractivity contribution in [3.05, 3.63) is 41.2 Å². The molecule has 3 heterocycles. The molecule has 0 radical (unpaired) electrons. The van der Waals surface area contributed by atoms with E-state index in [0.29, 0.717) is 24.5 Å². The van der Waals surface area contributed by atoms with E-state index in [1.165, 1.54) is 6.92 Å². The topological polar surface area (TPSA) is 104 Å². The molecular formula is C16H15N5O3. The molecule has 0 unspecified atom stereocenters. The number of imidazole rings is 1. The van der Waals surface area contributed by atoms with Crippen molar-refractivity contribution in [3.63, 3.8) is 0 Å². The first-order valence-electron chi connectivity index (χ1n) is 7.59. The normalized spacial score (nSPS) is 14.0. The van der Waals surface area contributed by atoms with Crippen molar-refractivity contribution in [3.8, 4) is 5.95 Å². The van der Waals surface area contributed by atoms with E-state index in [1.807, 2.05) is 24.3 Å². The molecule has 0 atom stereocenters. The number of carbonyl (C=O) groups excluding carboxylic acids is 1. The number of aromatic carboxylic acids is 1. The number of benzene rings is 1. The van der Waals surface area contributed by atoms with Gasteiger partial charge in [-0.25, -0.2) is 14.5 Å². The van der Waals surface area contributed by atoms with Gasteiger partial charge >= 0.3 is 5.97 Å². The van der Waals surface area contributed by atoms with Crippen LogP contribution < -0.4 is 0 Å².